The Balaban J connectivity index is 2.05. The number of amidine groups is 1. The highest BCUT2D eigenvalue weighted by molar-refractivity contribution is 7.98. The van der Waals surface area contributed by atoms with Gasteiger partial charge >= 0.3 is 0 Å². The van der Waals surface area contributed by atoms with Crippen LogP contribution in [0.25, 0.3) is 0 Å². The van der Waals surface area contributed by atoms with Crippen molar-refractivity contribution < 1.29 is 14.3 Å². The topological polar surface area (TPSA) is 67.8 Å². The van der Waals surface area contributed by atoms with Gasteiger partial charge in [0.15, 0.2) is 5.84 Å². The number of benzene rings is 2. The molecule has 0 atom stereocenters. The maximum absolute atomic E-state index is 13.9. The second-order valence-corrected chi connectivity index (χ2v) is 5.30. The number of oxime groups is 1. The lowest BCUT2D eigenvalue weighted by molar-refractivity contribution is 0.318. The molecule has 6 heteroatoms. The van der Waals surface area contributed by atoms with Crippen molar-refractivity contribution in [3.63, 3.8) is 0 Å². The fraction of sp³-hybridized carbons (Fsp3) is 0.133. The van der Waals surface area contributed by atoms with Gasteiger partial charge in [-0.15, -0.1) is 11.8 Å². The molecule has 110 valence electrons. The Morgan fingerprint density at radius 1 is 1.29 bits per heavy atom. The van der Waals surface area contributed by atoms with Gasteiger partial charge in [-0.2, -0.15) is 0 Å². The summed E-state index contributed by atoms with van der Waals surface area (Å²) in [5.41, 5.74) is 6.34. The summed E-state index contributed by atoms with van der Waals surface area (Å²) in [6.07, 6.45) is 0. The molecule has 3 N–H and O–H groups in total. The summed E-state index contributed by atoms with van der Waals surface area (Å²) in [6.45, 7) is 0. The number of thioether (sulfide) groups is 1. The van der Waals surface area contributed by atoms with Gasteiger partial charge in [-0.1, -0.05) is 17.3 Å². The summed E-state index contributed by atoms with van der Waals surface area (Å²) < 4.78 is 19.0. The van der Waals surface area contributed by atoms with Crippen molar-refractivity contribution in [2.45, 2.75) is 10.6 Å². The molecule has 0 radical (unpaired) electrons. The van der Waals surface area contributed by atoms with Crippen LogP contribution in [-0.2, 0) is 5.75 Å². The number of ether oxygens (including phenoxy) is 1. The summed E-state index contributed by atoms with van der Waals surface area (Å²) in [5.74, 6) is 0.797. The van der Waals surface area contributed by atoms with Crippen LogP contribution in [0.4, 0.5) is 4.39 Å². The van der Waals surface area contributed by atoms with Crippen molar-refractivity contribution in [2.75, 3.05) is 7.11 Å². The van der Waals surface area contributed by atoms with Gasteiger partial charge in [-0.05, 0) is 35.9 Å². The van der Waals surface area contributed by atoms with E-state index in [2.05, 4.69) is 5.16 Å². The lowest BCUT2D eigenvalue weighted by Gasteiger charge is -2.06. The Hall–Kier alpha value is -2.21. The normalized spacial score (nSPS) is 11.4. The third-order valence-corrected chi connectivity index (χ3v) is 3.97. The van der Waals surface area contributed by atoms with E-state index in [1.165, 1.54) is 17.8 Å². The lowest BCUT2D eigenvalue weighted by atomic mass is 10.1. The Morgan fingerprint density at radius 2 is 2.00 bits per heavy atom. The first kappa shape index (κ1) is 15.2. The fourth-order valence-corrected chi connectivity index (χ4v) is 2.60. The molecule has 2 aromatic rings. The number of nitrogens with zero attached hydrogens (tertiary/aromatic N) is 1. The minimum absolute atomic E-state index is 0.108. The molecular formula is C15H15FN2O2S. The van der Waals surface area contributed by atoms with Crippen LogP contribution in [0.15, 0.2) is 52.5 Å². The minimum Gasteiger partial charge on any atom is -0.497 e. The zero-order valence-corrected chi connectivity index (χ0v) is 12.2. The number of hydrogen-bond acceptors (Lipinski definition) is 4. The molecule has 0 aliphatic rings. The Morgan fingerprint density at radius 3 is 2.57 bits per heavy atom. The Kier molecular flexibility index (Phi) is 5.05. The average molecular weight is 306 g/mol. The fourth-order valence-electron chi connectivity index (χ4n) is 1.71. The standard InChI is InChI=1S/C15H15FN2O2S/c1-20-12-4-6-13(7-5-12)21-9-11-3-2-10(8-14(11)16)15(17)18-19/h2-8,19H,9H2,1H3,(H2,17,18). The van der Waals surface area contributed by atoms with Gasteiger partial charge < -0.3 is 15.7 Å². The predicted molar refractivity (Wildman–Crippen MR) is 81.5 cm³/mol. The lowest BCUT2D eigenvalue weighted by Crippen LogP contribution is -2.13. The van der Waals surface area contributed by atoms with Gasteiger partial charge in [-0.3, -0.25) is 0 Å². The van der Waals surface area contributed by atoms with Crippen LogP contribution in [0.1, 0.15) is 11.1 Å². The molecule has 2 aromatic carbocycles. The highest BCUT2D eigenvalue weighted by Gasteiger charge is 2.07. The monoisotopic (exact) mass is 306 g/mol. The van der Waals surface area contributed by atoms with Crippen molar-refractivity contribution in [1.82, 2.24) is 0 Å². The van der Waals surface area contributed by atoms with Crippen LogP contribution >= 0.6 is 11.8 Å². The molecule has 0 fully saturated rings. The molecule has 0 bridgehead atoms. The van der Waals surface area contributed by atoms with Gasteiger partial charge in [0.1, 0.15) is 11.6 Å². The molecule has 21 heavy (non-hydrogen) atoms. The van der Waals surface area contributed by atoms with Crippen molar-refractivity contribution in [3.05, 3.63) is 59.4 Å². The number of halogens is 1. The zero-order chi connectivity index (χ0) is 15.2. The Labute approximate surface area is 126 Å². The Bertz CT molecular complexity index is 645. The third kappa shape index (κ3) is 3.88. The second-order valence-electron chi connectivity index (χ2n) is 4.26. The number of rotatable bonds is 5. The van der Waals surface area contributed by atoms with Crippen LogP contribution in [-0.4, -0.2) is 18.2 Å². The molecule has 4 nitrogen and oxygen atoms in total. The summed E-state index contributed by atoms with van der Waals surface area (Å²) in [4.78, 5) is 1.02. The molecule has 0 saturated carbocycles. The van der Waals surface area contributed by atoms with E-state index in [1.54, 1.807) is 19.2 Å². The molecule has 0 saturated heterocycles. The number of hydrogen-bond donors (Lipinski definition) is 2. The molecule has 0 aliphatic heterocycles. The van der Waals surface area contributed by atoms with E-state index in [9.17, 15) is 4.39 Å². The van der Waals surface area contributed by atoms with Crippen LogP contribution in [0.3, 0.4) is 0 Å². The van der Waals surface area contributed by atoms with Crippen molar-refractivity contribution in [1.29, 1.82) is 0 Å². The molecule has 0 amide bonds. The van der Waals surface area contributed by atoms with E-state index < -0.39 is 0 Å². The van der Waals surface area contributed by atoms with Gasteiger partial charge in [0, 0.05) is 16.2 Å². The SMILES string of the molecule is COc1ccc(SCc2ccc(/C(N)=N/O)cc2F)cc1. The first-order chi connectivity index (χ1) is 10.1. The zero-order valence-electron chi connectivity index (χ0n) is 11.4. The van der Waals surface area contributed by atoms with E-state index in [4.69, 9.17) is 15.7 Å². The van der Waals surface area contributed by atoms with Gasteiger partial charge in [0.05, 0.1) is 7.11 Å². The summed E-state index contributed by atoms with van der Waals surface area (Å²) in [5, 5.41) is 11.4. The number of nitrogens with two attached hydrogens (primary N) is 1. The quantitative estimate of drug-likeness (QED) is 0.293. The molecule has 0 unspecified atom stereocenters. The largest absolute Gasteiger partial charge is 0.497 e. The van der Waals surface area contributed by atoms with Crippen molar-refractivity contribution >= 4 is 17.6 Å². The highest BCUT2D eigenvalue weighted by Crippen LogP contribution is 2.26. The summed E-state index contributed by atoms with van der Waals surface area (Å²) in [6, 6.07) is 12.1. The first-order valence-corrected chi connectivity index (χ1v) is 7.15. The highest BCUT2D eigenvalue weighted by atomic mass is 32.2. The van der Waals surface area contributed by atoms with E-state index in [0.717, 1.165) is 10.6 Å². The van der Waals surface area contributed by atoms with Gasteiger partial charge in [0.25, 0.3) is 0 Å². The maximum atomic E-state index is 13.9. The smallest absolute Gasteiger partial charge is 0.170 e. The predicted octanol–water partition coefficient (Wildman–Crippen LogP) is 3.22. The molecule has 0 aliphatic carbocycles. The summed E-state index contributed by atoms with van der Waals surface area (Å²) in [7, 11) is 1.61. The molecule has 0 heterocycles. The van der Waals surface area contributed by atoms with Crippen LogP contribution in [0.5, 0.6) is 5.75 Å². The van der Waals surface area contributed by atoms with Gasteiger partial charge in [-0.25, -0.2) is 4.39 Å². The van der Waals surface area contributed by atoms with E-state index >= 15 is 0 Å². The maximum Gasteiger partial charge on any atom is 0.170 e. The van der Waals surface area contributed by atoms with E-state index in [-0.39, 0.29) is 11.7 Å². The molecular weight excluding hydrogens is 291 g/mol. The van der Waals surface area contributed by atoms with Crippen LogP contribution in [0, 0.1) is 5.82 Å². The summed E-state index contributed by atoms with van der Waals surface area (Å²) >= 11 is 1.52. The number of methoxy groups -OCH3 is 1. The minimum atomic E-state index is -0.375. The van der Waals surface area contributed by atoms with Crippen molar-refractivity contribution in [3.8, 4) is 5.75 Å². The third-order valence-electron chi connectivity index (χ3n) is 2.91. The molecule has 2 rings (SSSR count). The van der Waals surface area contributed by atoms with E-state index in [1.807, 2.05) is 24.3 Å². The average Bonchev–Trinajstić information content (AvgIpc) is 2.53. The van der Waals surface area contributed by atoms with Crippen LogP contribution < -0.4 is 10.5 Å². The molecule has 0 spiro atoms. The first-order valence-electron chi connectivity index (χ1n) is 6.17. The second kappa shape index (κ2) is 6.99. The van der Waals surface area contributed by atoms with Gasteiger partial charge in [0.2, 0.25) is 0 Å². The van der Waals surface area contributed by atoms with Crippen LogP contribution in [0.2, 0.25) is 0 Å². The van der Waals surface area contributed by atoms with Crippen molar-refractivity contribution in [2.24, 2.45) is 10.9 Å². The molecule has 0 aromatic heterocycles. The van der Waals surface area contributed by atoms with E-state index in [0.29, 0.717) is 16.9 Å².